The highest BCUT2D eigenvalue weighted by Gasteiger charge is 2.38. The van der Waals surface area contributed by atoms with Crippen molar-refractivity contribution in [2.24, 2.45) is 11.3 Å². The molecule has 0 bridgehead atoms. The molecule has 1 aromatic carbocycles. The number of nitrogens with zero attached hydrogens (tertiary/aromatic N) is 2. The first-order valence-electron chi connectivity index (χ1n) is 11.3. The highest BCUT2D eigenvalue weighted by molar-refractivity contribution is 5.93. The molecule has 5 heteroatoms. The molecule has 2 aromatic rings. The van der Waals surface area contributed by atoms with E-state index in [2.05, 4.69) is 43.0 Å². The number of likely N-dealkylation sites (tertiary alicyclic amines) is 2. The third-order valence-corrected chi connectivity index (χ3v) is 6.73. The van der Waals surface area contributed by atoms with Gasteiger partial charge in [0.05, 0.1) is 18.4 Å². The zero-order valence-electron chi connectivity index (χ0n) is 18.3. The minimum Gasteiger partial charge on any atom is -0.493 e. The molecule has 2 aliphatic rings. The Morgan fingerprint density at radius 2 is 1.77 bits per heavy atom. The molecule has 2 fully saturated rings. The van der Waals surface area contributed by atoms with Crippen molar-refractivity contribution < 1.29 is 13.9 Å². The number of para-hydroxylation sites is 1. The summed E-state index contributed by atoms with van der Waals surface area (Å²) in [6.45, 7) is 10.0. The van der Waals surface area contributed by atoms with Crippen LogP contribution in [0.5, 0.6) is 5.75 Å². The molecule has 0 N–H and O–H groups in total. The lowest BCUT2D eigenvalue weighted by molar-refractivity contribution is 0.0283. The Bertz CT molecular complexity index is 813. The molecule has 0 radical (unpaired) electrons. The normalized spacial score (nSPS) is 19.4. The van der Waals surface area contributed by atoms with Crippen molar-refractivity contribution in [3.8, 4) is 5.75 Å². The molecule has 2 saturated heterocycles. The van der Waals surface area contributed by atoms with E-state index in [4.69, 9.17) is 9.15 Å². The van der Waals surface area contributed by atoms with Crippen molar-refractivity contribution in [2.45, 2.75) is 46.1 Å². The monoisotopic (exact) mass is 410 g/mol. The van der Waals surface area contributed by atoms with Gasteiger partial charge in [0.2, 0.25) is 0 Å². The minimum atomic E-state index is 0.106. The van der Waals surface area contributed by atoms with Crippen LogP contribution in [0.15, 0.2) is 47.3 Å². The molecule has 0 unspecified atom stereocenters. The van der Waals surface area contributed by atoms with Gasteiger partial charge in [0.15, 0.2) is 0 Å². The minimum absolute atomic E-state index is 0.106. The number of piperidine rings is 2. The highest BCUT2D eigenvalue weighted by Crippen LogP contribution is 2.42. The van der Waals surface area contributed by atoms with E-state index < -0.39 is 0 Å². The SMILES string of the molecule is CC(C)COc1ccccc1CN1CCC2(CC1)CCN(C(=O)c1ccoc1)CC2. The van der Waals surface area contributed by atoms with Crippen molar-refractivity contribution in [1.82, 2.24) is 9.80 Å². The molecule has 1 aromatic heterocycles. The Morgan fingerprint density at radius 1 is 1.07 bits per heavy atom. The molecule has 0 aliphatic carbocycles. The third kappa shape index (κ3) is 4.89. The second-order valence-corrected chi connectivity index (χ2v) is 9.39. The summed E-state index contributed by atoms with van der Waals surface area (Å²) in [5.74, 6) is 1.66. The molecule has 3 heterocycles. The van der Waals surface area contributed by atoms with Gasteiger partial charge in [0.1, 0.15) is 12.0 Å². The van der Waals surface area contributed by atoms with Crippen LogP contribution in [0.25, 0.3) is 0 Å². The molecule has 162 valence electrons. The smallest absolute Gasteiger partial charge is 0.257 e. The predicted octanol–water partition coefficient (Wildman–Crippen LogP) is 4.83. The maximum Gasteiger partial charge on any atom is 0.257 e. The molecule has 1 amide bonds. The Hall–Kier alpha value is -2.27. The summed E-state index contributed by atoms with van der Waals surface area (Å²) in [6, 6.07) is 10.2. The van der Waals surface area contributed by atoms with Crippen LogP contribution in [0, 0.1) is 11.3 Å². The quantitative estimate of drug-likeness (QED) is 0.684. The van der Waals surface area contributed by atoms with Crippen LogP contribution in [0.1, 0.15) is 55.5 Å². The molecule has 1 spiro atoms. The van der Waals surface area contributed by atoms with E-state index >= 15 is 0 Å². The van der Waals surface area contributed by atoms with Crippen molar-refractivity contribution >= 4 is 5.91 Å². The Balaban J connectivity index is 1.28. The number of ether oxygens (including phenoxy) is 1. The fourth-order valence-corrected chi connectivity index (χ4v) is 4.71. The van der Waals surface area contributed by atoms with E-state index in [9.17, 15) is 4.79 Å². The Morgan fingerprint density at radius 3 is 2.43 bits per heavy atom. The van der Waals surface area contributed by atoms with Gasteiger partial charge in [0, 0.05) is 25.2 Å². The standard InChI is InChI=1S/C25H34N2O3/c1-20(2)18-30-23-6-4-3-5-21(23)17-26-12-8-25(9-13-26)10-14-27(15-11-25)24(28)22-7-16-29-19-22/h3-7,16,19-20H,8-15,17-18H2,1-2H3. The van der Waals surface area contributed by atoms with Gasteiger partial charge in [-0.1, -0.05) is 32.0 Å². The molecule has 0 saturated carbocycles. The van der Waals surface area contributed by atoms with Gasteiger partial charge in [-0.2, -0.15) is 0 Å². The fraction of sp³-hybridized carbons (Fsp3) is 0.560. The van der Waals surface area contributed by atoms with Gasteiger partial charge in [-0.3, -0.25) is 9.69 Å². The van der Waals surface area contributed by atoms with E-state index in [0.29, 0.717) is 16.9 Å². The summed E-state index contributed by atoms with van der Waals surface area (Å²) in [5.41, 5.74) is 2.35. The maximum absolute atomic E-state index is 12.6. The lowest BCUT2D eigenvalue weighted by Crippen LogP contribution is -2.48. The third-order valence-electron chi connectivity index (χ3n) is 6.73. The number of rotatable bonds is 6. The number of amides is 1. The van der Waals surface area contributed by atoms with E-state index in [-0.39, 0.29) is 5.91 Å². The van der Waals surface area contributed by atoms with Crippen molar-refractivity contribution in [1.29, 1.82) is 0 Å². The van der Waals surface area contributed by atoms with Crippen molar-refractivity contribution in [2.75, 3.05) is 32.8 Å². The first-order chi connectivity index (χ1) is 14.5. The van der Waals surface area contributed by atoms with E-state index in [1.807, 2.05) is 4.90 Å². The van der Waals surface area contributed by atoms with Crippen LogP contribution in [0.4, 0.5) is 0 Å². The number of hydrogen-bond acceptors (Lipinski definition) is 4. The molecule has 0 atom stereocenters. The molecule has 4 rings (SSSR count). The Labute approximate surface area is 180 Å². The Kier molecular flexibility index (Phi) is 6.47. The summed E-state index contributed by atoms with van der Waals surface area (Å²) in [4.78, 5) is 17.1. The molecule has 5 nitrogen and oxygen atoms in total. The molecular weight excluding hydrogens is 376 g/mol. The van der Waals surface area contributed by atoms with Gasteiger partial charge in [-0.15, -0.1) is 0 Å². The summed E-state index contributed by atoms with van der Waals surface area (Å²) in [5, 5.41) is 0. The summed E-state index contributed by atoms with van der Waals surface area (Å²) >= 11 is 0. The van der Waals surface area contributed by atoms with Gasteiger partial charge in [-0.25, -0.2) is 0 Å². The second-order valence-electron chi connectivity index (χ2n) is 9.39. The van der Waals surface area contributed by atoms with Crippen LogP contribution in [0.3, 0.4) is 0 Å². The highest BCUT2D eigenvalue weighted by atomic mass is 16.5. The van der Waals surface area contributed by atoms with Gasteiger partial charge < -0.3 is 14.1 Å². The zero-order valence-corrected chi connectivity index (χ0v) is 18.3. The first-order valence-corrected chi connectivity index (χ1v) is 11.3. The van der Waals surface area contributed by atoms with E-state index in [1.165, 1.54) is 18.4 Å². The average molecular weight is 411 g/mol. The van der Waals surface area contributed by atoms with Crippen LogP contribution in [-0.2, 0) is 6.54 Å². The number of hydrogen-bond donors (Lipinski definition) is 0. The van der Waals surface area contributed by atoms with Gasteiger partial charge in [0.25, 0.3) is 5.91 Å². The van der Waals surface area contributed by atoms with Crippen LogP contribution in [0.2, 0.25) is 0 Å². The summed E-state index contributed by atoms with van der Waals surface area (Å²) in [6.07, 6.45) is 7.77. The van der Waals surface area contributed by atoms with E-state index in [0.717, 1.165) is 57.9 Å². The molecular formula is C25H34N2O3. The van der Waals surface area contributed by atoms with Gasteiger partial charge in [-0.05, 0) is 62.2 Å². The van der Waals surface area contributed by atoms with Crippen LogP contribution in [-0.4, -0.2) is 48.5 Å². The largest absolute Gasteiger partial charge is 0.493 e. The van der Waals surface area contributed by atoms with Crippen LogP contribution >= 0.6 is 0 Å². The first kappa shape index (κ1) is 21.0. The molecule has 30 heavy (non-hydrogen) atoms. The summed E-state index contributed by atoms with van der Waals surface area (Å²) < 4.78 is 11.1. The van der Waals surface area contributed by atoms with Crippen molar-refractivity contribution in [3.05, 3.63) is 54.0 Å². The van der Waals surface area contributed by atoms with E-state index in [1.54, 1.807) is 18.6 Å². The average Bonchev–Trinajstić information content (AvgIpc) is 3.30. The lowest BCUT2D eigenvalue weighted by Gasteiger charge is -2.47. The number of benzene rings is 1. The van der Waals surface area contributed by atoms with Crippen molar-refractivity contribution in [3.63, 3.8) is 0 Å². The van der Waals surface area contributed by atoms with Crippen LogP contribution < -0.4 is 4.74 Å². The summed E-state index contributed by atoms with van der Waals surface area (Å²) in [7, 11) is 0. The number of carbonyl (C=O) groups is 1. The number of furan rings is 1. The molecule has 2 aliphatic heterocycles. The maximum atomic E-state index is 12.6. The predicted molar refractivity (Wildman–Crippen MR) is 118 cm³/mol. The lowest BCUT2D eigenvalue weighted by atomic mass is 9.71. The van der Waals surface area contributed by atoms with Gasteiger partial charge >= 0.3 is 0 Å². The topological polar surface area (TPSA) is 45.9 Å². The second kappa shape index (κ2) is 9.25. The number of carbonyl (C=O) groups excluding carboxylic acids is 1. The zero-order chi connectivity index (χ0) is 21.0. The fourth-order valence-electron chi connectivity index (χ4n) is 4.71.